The van der Waals surface area contributed by atoms with Crippen LogP contribution in [0.25, 0.3) is 0 Å². The van der Waals surface area contributed by atoms with Crippen LogP contribution in [0.15, 0.2) is 0 Å². The van der Waals surface area contributed by atoms with Crippen LogP contribution >= 0.6 is 0 Å². The van der Waals surface area contributed by atoms with Crippen molar-refractivity contribution in [2.75, 3.05) is 26.4 Å². The fourth-order valence-electron chi connectivity index (χ4n) is 4.96. The molecule has 7 heteroatoms. The standard InChI is InChI=1S/C21H35N3O4/c1-5-28-17(25)15-7-6-12-23(13-15)14-24-18(26)21(22-19(24)27)10-8-16(9-11-21)20(2,3)4/h15-16H,5-14H2,1-4H3,(H,22,27)/t15-,16?,21?/m1/s1. The number of esters is 1. The predicted molar refractivity (Wildman–Crippen MR) is 105 cm³/mol. The first kappa shape index (κ1) is 21.1. The van der Waals surface area contributed by atoms with Crippen LogP contribution < -0.4 is 5.32 Å². The minimum Gasteiger partial charge on any atom is -0.466 e. The molecule has 1 saturated carbocycles. The van der Waals surface area contributed by atoms with E-state index in [-0.39, 0.29) is 35.9 Å². The predicted octanol–water partition coefficient (Wildman–Crippen LogP) is 2.75. The van der Waals surface area contributed by atoms with Crippen LogP contribution in [-0.2, 0) is 14.3 Å². The highest BCUT2D eigenvalue weighted by Crippen LogP contribution is 2.43. The highest BCUT2D eigenvalue weighted by molar-refractivity contribution is 6.07. The number of rotatable bonds is 4. The van der Waals surface area contributed by atoms with Crippen LogP contribution in [0.4, 0.5) is 4.79 Å². The molecule has 0 aromatic heterocycles. The van der Waals surface area contributed by atoms with Gasteiger partial charge in [0.1, 0.15) is 5.54 Å². The van der Waals surface area contributed by atoms with Gasteiger partial charge in [0.2, 0.25) is 0 Å². The van der Waals surface area contributed by atoms with E-state index in [0.717, 1.165) is 32.2 Å². The summed E-state index contributed by atoms with van der Waals surface area (Å²) in [6.45, 7) is 10.5. The summed E-state index contributed by atoms with van der Waals surface area (Å²) in [5, 5.41) is 3.00. The van der Waals surface area contributed by atoms with Crippen LogP contribution in [0.2, 0.25) is 0 Å². The SMILES string of the molecule is CCOC(=O)[C@@H]1CCCN(CN2C(=O)NC3(CCC(C(C)(C)C)CC3)C2=O)C1. The quantitative estimate of drug-likeness (QED) is 0.587. The minimum atomic E-state index is -0.727. The molecule has 2 aliphatic heterocycles. The first-order chi connectivity index (χ1) is 13.2. The molecule has 0 aromatic carbocycles. The molecule has 2 heterocycles. The van der Waals surface area contributed by atoms with Crippen molar-refractivity contribution in [1.82, 2.24) is 15.1 Å². The smallest absolute Gasteiger partial charge is 0.326 e. The number of carbonyl (C=O) groups is 3. The molecule has 1 atom stereocenters. The molecule has 0 unspecified atom stereocenters. The number of hydrogen-bond acceptors (Lipinski definition) is 5. The fourth-order valence-corrected chi connectivity index (χ4v) is 4.96. The molecule has 1 aliphatic carbocycles. The number of imide groups is 1. The Kier molecular flexibility index (Phi) is 6.03. The summed E-state index contributed by atoms with van der Waals surface area (Å²) in [6.07, 6.45) is 5.00. The fraction of sp³-hybridized carbons (Fsp3) is 0.857. The van der Waals surface area contributed by atoms with Crippen molar-refractivity contribution in [2.45, 2.75) is 71.8 Å². The van der Waals surface area contributed by atoms with Crippen molar-refractivity contribution in [3.05, 3.63) is 0 Å². The second-order valence-corrected chi connectivity index (χ2v) is 9.70. The number of nitrogens with zero attached hydrogens (tertiary/aromatic N) is 2. The zero-order valence-corrected chi connectivity index (χ0v) is 17.8. The van der Waals surface area contributed by atoms with E-state index >= 15 is 0 Å². The summed E-state index contributed by atoms with van der Waals surface area (Å²) < 4.78 is 5.14. The molecule has 3 amide bonds. The van der Waals surface area contributed by atoms with Crippen molar-refractivity contribution in [1.29, 1.82) is 0 Å². The minimum absolute atomic E-state index is 0.0943. The third-order valence-electron chi connectivity index (χ3n) is 6.78. The summed E-state index contributed by atoms with van der Waals surface area (Å²) in [7, 11) is 0. The molecule has 3 fully saturated rings. The van der Waals surface area contributed by atoms with Gasteiger partial charge in [0.05, 0.1) is 19.2 Å². The van der Waals surface area contributed by atoms with E-state index in [2.05, 4.69) is 26.1 Å². The maximum Gasteiger partial charge on any atom is 0.326 e. The molecule has 1 N–H and O–H groups in total. The summed E-state index contributed by atoms with van der Waals surface area (Å²) in [6, 6.07) is -0.294. The maximum atomic E-state index is 13.2. The monoisotopic (exact) mass is 393 g/mol. The Morgan fingerprint density at radius 3 is 2.50 bits per heavy atom. The van der Waals surface area contributed by atoms with E-state index < -0.39 is 5.54 Å². The van der Waals surface area contributed by atoms with Crippen LogP contribution in [-0.4, -0.2) is 59.6 Å². The van der Waals surface area contributed by atoms with Gasteiger partial charge in [0, 0.05) is 6.54 Å². The lowest BCUT2D eigenvalue weighted by Crippen LogP contribution is -2.51. The molecule has 0 radical (unpaired) electrons. The molecule has 2 saturated heterocycles. The molecule has 28 heavy (non-hydrogen) atoms. The lowest BCUT2D eigenvalue weighted by atomic mass is 9.67. The highest BCUT2D eigenvalue weighted by Gasteiger charge is 2.53. The molecule has 7 nitrogen and oxygen atoms in total. The summed E-state index contributed by atoms with van der Waals surface area (Å²) in [5.74, 6) is 0.124. The third-order valence-corrected chi connectivity index (χ3v) is 6.78. The van der Waals surface area contributed by atoms with E-state index in [4.69, 9.17) is 4.74 Å². The number of hydrogen-bond donors (Lipinski definition) is 1. The van der Waals surface area contributed by atoms with Crippen LogP contribution in [0.5, 0.6) is 0 Å². The number of piperidine rings is 1. The van der Waals surface area contributed by atoms with Crippen molar-refractivity contribution < 1.29 is 19.1 Å². The van der Waals surface area contributed by atoms with E-state index in [1.165, 1.54) is 4.90 Å². The van der Waals surface area contributed by atoms with E-state index in [0.29, 0.717) is 31.9 Å². The Morgan fingerprint density at radius 2 is 1.89 bits per heavy atom. The van der Waals surface area contributed by atoms with Crippen LogP contribution in [0.1, 0.15) is 66.2 Å². The van der Waals surface area contributed by atoms with Gasteiger partial charge in [-0.2, -0.15) is 0 Å². The average Bonchev–Trinajstić information content (AvgIpc) is 2.86. The Hall–Kier alpha value is -1.63. The zero-order valence-electron chi connectivity index (χ0n) is 17.8. The highest BCUT2D eigenvalue weighted by atomic mass is 16.5. The van der Waals surface area contributed by atoms with Gasteiger partial charge >= 0.3 is 12.0 Å². The summed E-state index contributed by atoms with van der Waals surface area (Å²) in [5.41, 5.74) is -0.502. The second kappa shape index (κ2) is 8.01. The van der Waals surface area contributed by atoms with Gasteiger partial charge in [-0.05, 0) is 63.3 Å². The molecule has 3 rings (SSSR count). The Bertz CT molecular complexity index is 620. The number of urea groups is 1. The van der Waals surface area contributed by atoms with E-state index in [1.807, 2.05) is 4.90 Å². The number of amides is 3. The van der Waals surface area contributed by atoms with Crippen LogP contribution in [0.3, 0.4) is 0 Å². The second-order valence-electron chi connectivity index (χ2n) is 9.70. The number of carbonyl (C=O) groups excluding carboxylic acids is 3. The third kappa shape index (κ3) is 4.19. The summed E-state index contributed by atoms with van der Waals surface area (Å²) >= 11 is 0. The Balaban J connectivity index is 1.61. The first-order valence-electron chi connectivity index (χ1n) is 10.7. The van der Waals surface area contributed by atoms with Crippen molar-refractivity contribution in [3.8, 4) is 0 Å². The average molecular weight is 394 g/mol. The topological polar surface area (TPSA) is 79.0 Å². The molecule has 158 valence electrons. The molecule has 3 aliphatic rings. The van der Waals surface area contributed by atoms with E-state index in [1.54, 1.807) is 6.92 Å². The lowest BCUT2D eigenvalue weighted by molar-refractivity contribution is -0.150. The number of ether oxygens (including phenoxy) is 1. The molecule has 0 aromatic rings. The Labute approximate surface area is 168 Å². The lowest BCUT2D eigenvalue weighted by Gasteiger charge is -2.40. The van der Waals surface area contributed by atoms with Gasteiger partial charge in [0.15, 0.2) is 0 Å². The van der Waals surface area contributed by atoms with Crippen molar-refractivity contribution in [3.63, 3.8) is 0 Å². The zero-order chi connectivity index (χ0) is 20.5. The molecule has 0 bridgehead atoms. The molecular formula is C21H35N3O4. The maximum absolute atomic E-state index is 13.2. The van der Waals surface area contributed by atoms with Crippen LogP contribution in [0, 0.1) is 17.3 Å². The normalized spacial score (nSPS) is 31.9. The van der Waals surface area contributed by atoms with Gasteiger partial charge in [-0.15, -0.1) is 0 Å². The van der Waals surface area contributed by atoms with Gasteiger partial charge in [0.25, 0.3) is 5.91 Å². The number of nitrogens with one attached hydrogen (secondary N) is 1. The van der Waals surface area contributed by atoms with Crippen molar-refractivity contribution >= 4 is 17.9 Å². The van der Waals surface area contributed by atoms with E-state index in [9.17, 15) is 14.4 Å². The Morgan fingerprint density at radius 1 is 1.21 bits per heavy atom. The van der Waals surface area contributed by atoms with Gasteiger partial charge < -0.3 is 10.1 Å². The molecule has 1 spiro atoms. The molecular weight excluding hydrogens is 358 g/mol. The summed E-state index contributed by atoms with van der Waals surface area (Å²) in [4.78, 5) is 41.2. The number of likely N-dealkylation sites (tertiary alicyclic amines) is 1. The first-order valence-corrected chi connectivity index (χ1v) is 10.7. The largest absolute Gasteiger partial charge is 0.466 e. The van der Waals surface area contributed by atoms with Gasteiger partial charge in [-0.25, -0.2) is 9.69 Å². The van der Waals surface area contributed by atoms with Crippen molar-refractivity contribution in [2.24, 2.45) is 17.3 Å². The van der Waals surface area contributed by atoms with Gasteiger partial charge in [-0.3, -0.25) is 14.5 Å². The van der Waals surface area contributed by atoms with Gasteiger partial charge in [-0.1, -0.05) is 20.8 Å².